The molecule has 0 aliphatic heterocycles. The molecule has 0 bridgehead atoms. The summed E-state index contributed by atoms with van der Waals surface area (Å²) in [6.45, 7) is -0.688. The first-order valence-electron chi connectivity index (χ1n) is 5.64. The highest BCUT2D eigenvalue weighted by molar-refractivity contribution is 6.30. The summed E-state index contributed by atoms with van der Waals surface area (Å²) >= 11 is 5.77. The Labute approximate surface area is 118 Å². The van der Waals surface area contributed by atoms with E-state index >= 15 is 0 Å². The molecule has 0 radical (unpaired) electrons. The highest BCUT2D eigenvalue weighted by atomic mass is 35.5. The Morgan fingerprint density at radius 3 is 2.35 bits per heavy atom. The van der Waals surface area contributed by atoms with Gasteiger partial charge in [-0.2, -0.15) is 13.2 Å². The van der Waals surface area contributed by atoms with Gasteiger partial charge in [0, 0.05) is 5.02 Å². The predicted octanol–water partition coefficient (Wildman–Crippen LogP) is 4.64. The second-order valence-electron chi connectivity index (χ2n) is 4.03. The van der Waals surface area contributed by atoms with Crippen LogP contribution in [0.3, 0.4) is 0 Å². The summed E-state index contributed by atoms with van der Waals surface area (Å²) in [7, 11) is 0. The number of aliphatic hydroxyl groups is 1. The summed E-state index contributed by atoms with van der Waals surface area (Å²) in [5.74, 6) is 0.360. The van der Waals surface area contributed by atoms with Crippen LogP contribution < -0.4 is 4.74 Å². The van der Waals surface area contributed by atoms with Crippen LogP contribution in [0.15, 0.2) is 42.5 Å². The third kappa shape index (κ3) is 3.43. The van der Waals surface area contributed by atoms with Crippen molar-refractivity contribution in [3.63, 3.8) is 0 Å². The molecule has 2 nitrogen and oxygen atoms in total. The monoisotopic (exact) mass is 302 g/mol. The lowest BCUT2D eigenvalue weighted by atomic mass is 10.1. The first-order chi connectivity index (χ1) is 9.40. The second kappa shape index (κ2) is 5.73. The molecule has 0 aromatic heterocycles. The van der Waals surface area contributed by atoms with Crippen LogP contribution in [-0.2, 0) is 12.8 Å². The van der Waals surface area contributed by atoms with Gasteiger partial charge >= 0.3 is 6.18 Å². The van der Waals surface area contributed by atoms with E-state index in [9.17, 15) is 13.2 Å². The highest BCUT2D eigenvalue weighted by Crippen LogP contribution is 2.35. The molecule has 0 saturated carbocycles. The van der Waals surface area contributed by atoms with Gasteiger partial charge in [0.2, 0.25) is 0 Å². The Kier molecular flexibility index (Phi) is 4.20. The molecule has 0 aliphatic rings. The lowest BCUT2D eigenvalue weighted by molar-refractivity contribution is -0.138. The van der Waals surface area contributed by atoms with Gasteiger partial charge in [-0.15, -0.1) is 0 Å². The average molecular weight is 303 g/mol. The van der Waals surface area contributed by atoms with Gasteiger partial charge in [0.15, 0.2) is 0 Å². The first kappa shape index (κ1) is 14.7. The zero-order valence-corrected chi connectivity index (χ0v) is 10.9. The molecule has 0 saturated heterocycles. The summed E-state index contributed by atoms with van der Waals surface area (Å²) < 4.78 is 43.8. The van der Waals surface area contributed by atoms with E-state index in [2.05, 4.69) is 0 Å². The molecule has 0 heterocycles. The number of hydrogen-bond acceptors (Lipinski definition) is 2. The van der Waals surface area contributed by atoms with Crippen LogP contribution >= 0.6 is 11.6 Å². The minimum atomic E-state index is -4.55. The smallest absolute Gasteiger partial charge is 0.416 e. The predicted molar refractivity (Wildman–Crippen MR) is 68.9 cm³/mol. The number of halogens is 4. The molecule has 0 amide bonds. The highest BCUT2D eigenvalue weighted by Gasteiger charge is 2.33. The molecule has 0 fully saturated rings. The zero-order chi connectivity index (χ0) is 14.8. The number of aliphatic hydroxyl groups excluding tert-OH is 1. The largest absolute Gasteiger partial charge is 0.457 e. The minimum absolute atomic E-state index is 0.0248. The van der Waals surface area contributed by atoms with Gasteiger partial charge in [-0.25, -0.2) is 0 Å². The molecular formula is C14H10ClF3O2. The third-order valence-corrected chi connectivity index (χ3v) is 2.82. The molecule has 20 heavy (non-hydrogen) atoms. The number of rotatable bonds is 3. The van der Waals surface area contributed by atoms with Crippen LogP contribution in [0.2, 0.25) is 5.02 Å². The maximum absolute atomic E-state index is 12.8. The van der Waals surface area contributed by atoms with Crippen molar-refractivity contribution in [2.75, 3.05) is 0 Å². The Bertz CT molecular complexity index is 612. The molecule has 106 valence electrons. The normalized spacial score (nSPS) is 11.4. The molecule has 0 atom stereocenters. The topological polar surface area (TPSA) is 29.5 Å². The summed E-state index contributed by atoms with van der Waals surface area (Å²) in [4.78, 5) is 0. The molecule has 2 rings (SSSR count). The van der Waals surface area contributed by atoms with Crippen LogP contribution in [0.5, 0.6) is 11.5 Å². The third-order valence-electron chi connectivity index (χ3n) is 2.59. The maximum atomic E-state index is 12.8. The van der Waals surface area contributed by atoms with Gasteiger partial charge in [-0.3, -0.25) is 0 Å². The molecule has 2 aromatic carbocycles. The fraction of sp³-hybridized carbons (Fsp3) is 0.143. The molecule has 2 aromatic rings. The van der Waals surface area contributed by atoms with E-state index in [4.69, 9.17) is 21.4 Å². The van der Waals surface area contributed by atoms with Gasteiger partial charge in [-0.1, -0.05) is 23.7 Å². The van der Waals surface area contributed by atoms with Crippen LogP contribution in [0.25, 0.3) is 0 Å². The lowest BCUT2D eigenvalue weighted by Gasteiger charge is -2.13. The lowest BCUT2D eigenvalue weighted by Crippen LogP contribution is -2.09. The summed E-state index contributed by atoms with van der Waals surface area (Å²) in [6.07, 6.45) is -4.55. The van der Waals surface area contributed by atoms with Crippen molar-refractivity contribution in [3.05, 3.63) is 58.6 Å². The van der Waals surface area contributed by atoms with Gasteiger partial charge in [0.25, 0.3) is 0 Å². The fourth-order valence-electron chi connectivity index (χ4n) is 1.69. The molecule has 0 unspecified atom stereocenters. The van der Waals surface area contributed by atoms with Crippen LogP contribution in [0, 0.1) is 0 Å². The first-order valence-corrected chi connectivity index (χ1v) is 6.02. The Balaban J connectivity index is 2.34. The van der Waals surface area contributed by atoms with Gasteiger partial charge < -0.3 is 9.84 Å². The van der Waals surface area contributed by atoms with E-state index in [1.54, 1.807) is 18.2 Å². The van der Waals surface area contributed by atoms with Gasteiger partial charge in [0.05, 0.1) is 12.2 Å². The maximum Gasteiger partial charge on any atom is 0.416 e. The number of benzene rings is 2. The standard InChI is InChI=1S/C14H10ClF3O2/c15-10-2-1-3-11(6-10)20-12-5-4-9(8-19)13(7-12)14(16,17)18/h1-7,19H,8H2. The Hall–Kier alpha value is -1.72. The van der Waals surface area contributed by atoms with E-state index in [0.717, 1.165) is 6.07 Å². The van der Waals surface area contributed by atoms with Crippen molar-refractivity contribution in [3.8, 4) is 11.5 Å². The van der Waals surface area contributed by atoms with E-state index < -0.39 is 18.3 Å². The minimum Gasteiger partial charge on any atom is -0.457 e. The van der Waals surface area contributed by atoms with E-state index in [-0.39, 0.29) is 11.3 Å². The van der Waals surface area contributed by atoms with Crippen molar-refractivity contribution in [2.45, 2.75) is 12.8 Å². The average Bonchev–Trinajstić information content (AvgIpc) is 2.37. The molecule has 0 aliphatic carbocycles. The number of hydrogen-bond donors (Lipinski definition) is 1. The quantitative estimate of drug-likeness (QED) is 0.894. The Morgan fingerprint density at radius 2 is 1.75 bits per heavy atom. The van der Waals surface area contributed by atoms with Crippen molar-refractivity contribution < 1.29 is 23.0 Å². The van der Waals surface area contributed by atoms with E-state index in [1.807, 2.05) is 0 Å². The molecule has 6 heteroatoms. The number of alkyl halides is 3. The van der Waals surface area contributed by atoms with Crippen LogP contribution in [0.1, 0.15) is 11.1 Å². The molecular weight excluding hydrogens is 293 g/mol. The summed E-state index contributed by atoms with van der Waals surface area (Å²) in [5.41, 5.74) is -1.12. The second-order valence-corrected chi connectivity index (χ2v) is 4.47. The summed E-state index contributed by atoms with van der Waals surface area (Å²) in [5, 5.41) is 9.36. The number of ether oxygens (including phenoxy) is 1. The van der Waals surface area contributed by atoms with E-state index in [0.29, 0.717) is 10.8 Å². The molecule has 0 spiro atoms. The van der Waals surface area contributed by atoms with E-state index in [1.165, 1.54) is 18.2 Å². The SMILES string of the molecule is OCc1ccc(Oc2cccc(Cl)c2)cc1C(F)(F)F. The van der Waals surface area contributed by atoms with Crippen molar-refractivity contribution in [1.29, 1.82) is 0 Å². The van der Waals surface area contributed by atoms with Crippen LogP contribution in [0.4, 0.5) is 13.2 Å². The summed E-state index contributed by atoms with van der Waals surface area (Å²) in [6, 6.07) is 9.74. The van der Waals surface area contributed by atoms with Gasteiger partial charge in [-0.05, 0) is 35.9 Å². The molecule has 1 N–H and O–H groups in total. The zero-order valence-electron chi connectivity index (χ0n) is 10.1. The van der Waals surface area contributed by atoms with Crippen LogP contribution in [-0.4, -0.2) is 5.11 Å². The van der Waals surface area contributed by atoms with Crippen molar-refractivity contribution in [2.24, 2.45) is 0 Å². The fourth-order valence-corrected chi connectivity index (χ4v) is 1.87. The van der Waals surface area contributed by atoms with Crippen molar-refractivity contribution in [1.82, 2.24) is 0 Å². The van der Waals surface area contributed by atoms with Crippen molar-refractivity contribution >= 4 is 11.6 Å². The Morgan fingerprint density at radius 1 is 1.05 bits per heavy atom. The van der Waals surface area contributed by atoms with Gasteiger partial charge in [0.1, 0.15) is 11.5 Å².